The van der Waals surface area contributed by atoms with Crippen molar-refractivity contribution < 1.29 is 109 Å². The molecule has 18 rings (SSSR count). The quantitative estimate of drug-likeness (QED) is 0.0171. The number of anilines is 2. The van der Waals surface area contributed by atoms with Crippen molar-refractivity contribution in [3.8, 4) is 11.5 Å². The minimum absolute atomic E-state index is 0.0986. The number of hydrogen-bond acceptors (Lipinski definition) is 26. The summed E-state index contributed by atoms with van der Waals surface area (Å²) in [5, 5.41) is 52.6. The number of nitrogens with zero attached hydrogens (tertiary/aromatic N) is 6. The normalized spacial score (nSPS) is 35.7. The monoisotopic (exact) mass is 1730 g/mol. The second kappa shape index (κ2) is 31.6. The van der Waals surface area contributed by atoms with E-state index in [0.717, 1.165) is 49.9 Å². The number of piperidine rings is 2. The van der Waals surface area contributed by atoms with Crippen molar-refractivity contribution in [1.82, 2.24) is 29.6 Å². The van der Waals surface area contributed by atoms with Crippen LogP contribution in [0.2, 0.25) is 0 Å². The van der Waals surface area contributed by atoms with E-state index in [1.165, 1.54) is 54.3 Å². The minimum Gasteiger partial charge on any atom is -0.496 e. The zero-order valence-corrected chi connectivity index (χ0v) is 73.5. The maximum Gasteiger partial charge on any atom is 0.394 e. The molecule has 2 saturated carbocycles. The number of amides is 1. The Labute approximate surface area is 721 Å². The Bertz CT molecular complexity index is 5470. The molecule has 6 aromatic rings. The SMILES string of the molecule is CC[C@]1(O)C[C@@H]2C[N@@](CCc3c([nH]c4ccccc34)[C@@](C(=O)OC)(c3cc4c(cc3OC)N(C)[C@H]3[C@@](O)(C(=O)OC)[C@H](OC(C)=O)[C@]5(CC)C=CCN6CC[C@]43[C@@H]65)C2)C1.CC[C@]1(O)C[C@H]2C[N@](CCc3c([nH]c4ccccc34)[C@@](C(=O)OC)(c3cc4c(cc3OC)N(C=O)[C@H]3[C@@](O)(C(=O)OC)[C@H](OC(C)=O)[C@]5(CC)C=CCN6CC[C@]43[C@@H]65)C2)C1.O=S(=O)(O)O. The molecule has 12 aliphatic rings. The smallest absolute Gasteiger partial charge is 0.394 e. The third-order valence-corrected chi connectivity index (χ3v) is 31.1. The lowest BCUT2D eigenvalue weighted by molar-refractivity contribution is -0.229. The first-order valence-corrected chi connectivity index (χ1v) is 44.6. The molecule has 0 radical (unpaired) electrons. The first-order chi connectivity index (χ1) is 59.0. The van der Waals surface area contributed by atoms with Gasteiger partial charge in [0.2, 0.25) is 17.6 Å². The van der Waals surface area contributed by atoms with E-state index in [-0.39, 0.29) is 24.3 Å². The number of fused-ring (bicyclic) bond motifs is 12. The van der Waals surface area contributed by atoms with E-state index in [1.807, 2.05) is 100 Å². The molecular formula is C92H116N8O23S. The number of carbonyl (C=O) groups excluding carboxylic acids is 7. The van der Waals surface area contributed by atoms with Gasteiger partial charge in [0.25, 0.3) is 0 Å². The Morgan fingerprint density at radius 2 is 0.911 bits per heavy atom. The molecule has 6 fully saturated rings. The number of carbonyl (C=O) groups is 7. The number of ether oxygens (including phenoxy) is 8. The van der Waals surface area contributed by atoms with Crippen LogP contribution < -0.4 is 19.3 Å². The van der Waals surface area contributed by atoms with Gasteiger partial charge in [-0.3, -0.25) is 52.7 Å². The van der Waals surface area contributed by atoms with Crippen LogP contribution in [0.25, 0.3) is 21.8 Å². The lowest BCUT2D eigenvalue weighted by Gasteiger charge is -2.63. The van der Waals surface area contributed by atoms with Crippen LogP contribution in [0.15, 0.2) is 97.1 Å². The van der Waals surface area contributed by atoms with Crippen molar-refractivity contribution in [3.63, 3.8) is 0 Å². The summed E-state index contributed by atoms with van der Waals surface area (Å²) in [6, 6.07) is 20.9. The van der Waals surface area contributed by atoms with Crippen molar-refractivity contribution in [1.29, 1.82) is 0 Å². The summed E-state index contributed by atoms with van der Waals surface area (Å²) in [6.45, 7) is 16.8. The van der Waals surface area contributed by atoms with Gasteiger partial charge in [-0.2, -0.15) is 8.42 Å². The molecule has 4 aromatic carbocycles. The number of methoxy groups -OCH3 is 6. The summed E-state index contributed by atoms with van der Waals surface area (Å²) in [7, 11) is 5.58. The number of aliphatic hydroxyl groups is 4. The fourth-order valence-corrected chi connectivity index (χ4v) is 26.9. The molecule has 20 atom stereocenters. The standard InChI is InChI=1S/C46H56N4O10.C46H58N4O9.H2O4S/c1-7-42(55)22-28-23-45(40(53)58-5,36-30(14-18-48(24-28)25-42)29-12-9-10-13-33(29)47-36)32-20-31-34(21-35(32)57-4)50(26-51)38-44(31)16-19-49-17-11-15-43(8-2,37(44)49)39(60-27(3)52)46(38,56)41(54)59-6;1-8-42(54)23-28-24-45(40(52)57-6,36-30(15-19-49(25-28)26-42)29-13-10-11-14-33(29)47-36)32-21-31-34(22-35(32)56-5)48(4)38-44(31)17-20-50-18-12-16-43(9-2,37(44)50)39(59-27(3)51)46(38,55)41(53)58-7;1-5(2,3)4/h9-13,15,20-21,26,28,37-39,47,55-56H,7-8,14,16-19,22-25H2,1-6H3;10-14,16,21-22,28,37-39,47,54-55H,8-9,15,17-20,23-26H2,1-7H3;(H2,1,2,3,4)/t28-,37+,38-,39-,42+,43-,44-,45+,46+;28-,37-,38+,39+,42-,43+,44+,45-,46-;/m10./s1. The van der Waals surface area contributed by atoms with Crippen LogP contribution >= 0.6 is 0 Å². The lowest BCUT2D eigenvalue weighted by atomic mass is 9.47. The molecule has 4 bridgehead atoms. The van der Waals surface area contributed by atoms with Crippen molar-refractivity contribution in [3.05, 3.63) is 142 Å². The number of rotatable bonds is 15. The van der Waals surface area contributed by atoms with Crippen LogP contribution in [0, 0.1) is 22.7 Å². The number of aromatic amines is 2. The number of esters is 6. The van der Waals surface area contributed by atoms with E-state index in [9.17, 15) is 44.4 Å². The third-order valence-electron chi connectivity index (χ3n) is 31.1. The molecule has 32 heteroatoms. The predicted molar refractivity (Wildman–Crippen MR) is 455 cm³/mol. The van der Waals surface area contributed by atoms with Crippen molar-refractivity contribution in [2.24, 2.45) is 22.7 Å². The Balaban J connectivity index is 0.000000174. The highest BCUT2D eigenvalue weighted by atomic mass is 32.3. The van der Waals surface area contributed by atoms with Crippen molar-refractivity contribution in [2.75, 3.05) is 125 Å². The summed E-state index contributed by atoms with van der Waals surface area (Å²) < 4.78 is 79.2. The Kier molecular flexibility index (Phi) is 22.5. The van der Waals surface area contributed by atoms with Gasteiger partial charge in [0.15, 0.2) is 12.2 Å². The molecule has 2 aliphatic carbocycles. The van der Waals surface area contributed by atoms with E-state index >= 15 is 9.59 Å². The first kappa shape index (κ1) is 88.1. The molecular weight excluding hydrogens is 1620 g/mol. The number of hydrogen-bond donors (Lipinski definition) is 8. The molecule has 124 heavy (non-hydrogen) atoms. The third kappa shape index (κ3) is 12.7. The summed E-state index contributed by atoms with van der Waals surface area (Å²) in [6.07, 6.45) is 11.8. The van der Waals surface area contributed by atoms with Crippen LogP contribution in [-0.2, 0) is 107 Å². The van der Waals surface area contributed by atoms with Crippen LogP contribution in [0.5, 0.6) is 11.5 Å². The van der Waals surface area contributed by atoms with Gasteiger partial charge in [0.05, 0.1) is 71.6 Å². The lowest BCUT2D eigenvalue weighted by Crippen LogP contribution is -2.81. The maximum atomic E-state index is 15.3. The fourth-order valence-electron chi connectivity index (χ4n) is 26.9. The van der Waals surface area contributed by atoms with Gasteiger partial charge in [-0.15, -0.1) is 0 Å². The highest BCUT2D eigenvalue weighted by molar-refractivity contribution is 7.79. The average molecular weight is 1730 g/mol. The predicted octanol–water partition coefficient (Wildman–Crippen LogP) is 6.86. The number of aromatic nitrogens is 2. The fraction of sp³-hybridized carbons (Fsp3) is 0.576. The van der Waals surface area contributed by atoms with E-state index in [4.69, 9.17) is 55.4 Å². The highest BCUT2D eigenvalue weighted by Crippen LogP contribution is 2.71. The molecule has 4 saturated heterocycles. The zero-order chi connectivity index (χ0) is 88.9. The van der Waals surface area contributed by atoms with Gasteiger partial charge in [-0.1, -0.05) is 88.4 Å². The van der Waals surface area contributed by atoms with Gasteiger partial charge >= 0.3 is 46.2 Å². The number of H-pyrrole nitrogens is 2. The number of nitrogens with one attached hydrogen (secondary N) is 2. The van der Waals surface area contributed by atoms with Gasteiger partial charge in [-0.05, 0) is 148 Å². The van der Waals surface area contributed by atoms with Gasteiger partial charge in [-0.25, -0.2) is 9.59 Å². The van der Waals surface area contributed by atoms with Gasteiger partial charge < -0.3 is 78.1 Å². The Morgan fingerprint density at radius 3 is 1.30 bits per heavy atom. The highest BCUT2D eigenvalue weighted by Gasteiger charge is 2.83. The van der Waals surface area contributed by atoms with E-state index in [1.54, 1.807) is 13.2 Å². The molecule has 31 nitrogen and oxygen atoms in total. The minimum atomic E-state index is -4.67. The van der Waals surface area contributed by atoms with Gasteiger partial charge in [0, 0.05) is 169 Å². The zero-order valence-electron chi connectivity index (χ0n) is 72.7. The summed E-state index contributed by atoms with van der Waals surface area (Å²) >= 11 is 0. The summed E-state index contributed by atoms with van der Waals surface area (Å²) in [5.74, 6) is -3.63. The van der Waals surface area contributed by atoms with Crippen molar-refractivity contribution >= 4 is 85.8 Å². The van der Waals surface area contributed by atoms with Crippen molar-refractivity contribution in [2.45, 2.75) is 199 Å². The van der Waals surface area contributed by atoms with Crippen LogP contribution in [0.3, 0.4) is 0 Å². The topological polar surface area (TPSA) is 400 Å². The molecule has 10 aliphatic heterocycles. The van der Waals surface area contributed by atoms with Gasteiger partial charge in [0.1, 0.15) is 22.3 Å². The largest absolute Gasteiger partial charge is 0.496 e. The first-order valence-electron chi connectivity index (χ1n) is 43.2. The summed E-state index contributed by atoms with van der Waals surface area (Å²) in [4.78, 5) is 119. The molecule has 1 amide bonds. The van der Waals surface area contributed by atoms with Crippen LogP contribution in [0.1, 0.15) is 151 Å². The maximum absolute atomic E-state index is 15.3. The molecule has 2 aromatic heterocycles. The Hall–Kier alpha value is -9.32. The van der Waals surface area contributed by atoms with Crippen LogP contribution in [-0.4, -0.2) is 284 Å². The molecule has 12 heterocycles. The molecule has 8 N–H and O–H groups in total. The molecule has 2 spiro atoms. The number of para-hydroxylation sites is 2. The second-order valence-corrected chi connectivity index (χ2v) is 37.7. The molecule has 0 unspecified atom stereocenters. The number of likely N-dealkylation sites (N-methyl/N-ethyl adjacent to an activating group) is 1. The van der Waals surface area contributed by atoms with E-state index < -0.39 is 131 Å². The average Bonchev–Trinajstić information content (AvgIpc) is 1.47. The Morgan fingerprint density at radius 1 is 0.516 bits per heavy atom. The number of benzene rings is 4. The summed E-state index contributed by atoms with van der Waals surface area (Å²) in [5.41, 5.74) is -4.78. The van der Waals surface area contributed by atoms with E-state index in [2.05, 4.69) is 59.9 Å². The second-order valence-electron chi connectivity index (χ2n) is 36.8. The van der Waals surface area contributed by atoms with Crippen LogP contribution in [0.4, 0.5) is 11.4 Å². The molecule has 668 valence electrons. The van der Waals surface area contributed by atoms with E-state index in [0.29, 0.717) is 182 Å².